The van der Waals surface area contributed by atoms with Crippen LogP contribution < -0.4 is 15.9 Å². The number of hydrogen-bond acceptors (Lipinski definition) is 6. The summed E-state index contributed by atoms with van der Waals surface area (Å²) in [5.41, 5.74) is 3.55. The molecule has 0 saturated heterocycles. The van der Waals surface area contributed by atoms with E-state index in [0.717, 1.165) is 22.4 Å². The van der Waals surface area contributed by atoms with Gasteiger partial charge < -0.3 is 15.9 Å². The molecule has 1 aromatic heterocycles. The van der Waals surface area contributed by atoms with Crippen LogP contribution in [0.15, 0.2) is 78.0 Å². The van der Waals surface area contributed by atoms with Crippen LogP contribution in [0.4, 0.5) is 10.1 Å². The molecule has 0 aliphatic heterocycles. The lowest BCUT2D eigenvalue weighted by atomic mass is 10.1. The molecule has 34 heavy (non-hydrogen) atoms. The first-order valence-corrected chi connectivity index (χ1v) is 11.5. The first-order chi connectivity index (χ1) is 16.4. The van der Waals surface area contributed by atoms with Gasteiger partial charge >= 0.3 is 0 Å². The lowest BCUT2D eigenvalue weighted by Gasteiger charge is -2.17. The van der Waals surface area contributed by atoms with E-state index >= 15 is 0 Å². The number of nitrogens with one attached hydrogen (secondary N) is 1. The largest absolute Gasteiger partial charge is 0.482 e. The number of thioether (sulfide) groups is 1. The monoisotopic (exact) mass is 477 g/mol. The van der Waals surface area contributed by atoms with Gasteiger partial charge in [-0.2, -0.15) is 0 Å². The van der Waals surface area contributed by atoms with Crippen molar-refractivity contribution in [3.8, 4) is 5.75 Å². The second-order valence-electron chi connectivity index (χ2n) is 7.70. The molecule has 0 saturated carbocycles. The van der Waals surface area contributed by atoms with Crippen molar-refractivity contribution in [2.24, 2.45) is 0 Å². The lowest BCUT2D eigenvalue weighted by Crippen LogP contribution is -2.21. The lowest BCUT2D eigenvalue weighted by molar-refractivity contribution is -0.115. The summed E-state index contributed by atoms with van der Waals surface area (Å²) in [5, 5.41) is 10.9. The van der Waals surface area contributed by atoms with E-state index in [1.807, 2.05) is 62.4 Å². The van der Waals surface area contributed by atoms with Crippen molar-refractivity contribution in [3.05, 3.63) is 101 Å². The number of carbonyl (C=O) groups excluding carboxylic acids is 1. The first-order valence-electron chi connectivity index (χ1n) is 10.6. The molecule has 4 rings (SSSR count). The fraction of sp³-hybridized carbons (Fsp3) is 0.160. The number of para-hydroxylation sites is 1. The Morgan fingerprint density at radius 1 is 1.09 bits per heavy atom. The van der Waals surface area contributed by atoms with Crippen LogP contribution in [0.5, 0.6) is 5.75 Å². The minimum atomic E-state index is -0.632. The van der Waals surface area contributed by atoms with Crippen molar-refractivity contribution >= 4 is 23.4 Å². The van der Waals surface area contributed by atoms with Gasteiger partial charge in [-0.1, -0.05) is 66.4 Å². The molecule has 174 valence electrons. The molecule has 0 bridgehead atoms. The Morgan fingerprint density at radius 2 is 1.82 bits per heavy atom. The van der Waals surface area contributed by atoms with Crippen molar-refractivity contribution in [3.63, 3.8) is 0 Å². The molecular formula is C25H24FN5O2S. The predicted molar refractivity (Wildman–Crippen MR) is 130 cm³/mol. The van der Waals surface area contributed by atoms with Gasteiger partial charge in [-0.25, -0.2) is 9.07 Å². The van der Waals surface area contributed by atoms with Crippen LogP contribution in [0.1, 0.15) is 27.8 Å². The quantitative estimate of drug-likeness (QED) is 0.280. The van der Waals surface area contributed by atoms with Gasteiger partial charge in [-0.15, -0.1) is 10.2 Å². The van der Waals surface area contributed by atoms with Crippen LogP contribution >= 0.6 is 11.8 Å². The fourth-order valence-corrected chi connectivity index (χ4v) is 4.24. The van der Waals surface area contributed by atoms with Crippen molar-refractivity contribution in [1.82, 2.24) is 14.9 Å². The molecule has 0 aliphatic carbocycles. The Hall–Kier alpha value is -3.85. The summed E-state index contributed by atoms with van der Waals surface area (Å²) in [6.45, 7) is 3.84. The SMILES string of the molecule is Cc1ccc(C)c(NC(=O)[C@@H](Sc2nnc(COc3ccccc3F)n2N)c2ccccc2)c1. The summed E-state index contributed by atoms with van der Waals surface area (Å²) in [6, 6.07) is 21.4. The molecule has 1 heterocycles. The number of nitrogen functional groups attached to an aromatic ring is 1. The zero-order valence-electron chi connectivity index (χ0n) is 18.7. The summed E-state index contributed by atoms with van der Waals surface area (Å²) >= 11 is 1.17. The third kappa shape index (κ3) is 5.37. The predicted octanol–water partition coefficient (Wildman–Crippen LogP) is 4.80. The number of nitrogens with zero attached hydrogens (tertiary/aromatic N) is 3. The molecule has 3 aromatic carbocycles. The van der Waals surface area contributed by atoms with E-state index in [4.69, 9.17) is 10.6 Å². The molecule has 0 fully saturated rings. The molecule has 0 spiro atoms. The molecule has 9 heteroatoms. The maximum absolute atomic E-state index is 13.8. The van der Waals surface area contributed by atoms with Crippen LogP contribution in [-0.2, 0) is 11.4 Å². The van der Waals surface area contributed by atoms with E-state index < -0.39 is 11.1 Å². The van der Waals surface area contributed by atoms with E-state index in [1.165, 1.54) is 28.6 Å². The average molecular weight is 478 g/mol. The molecule has 1 atom stereocenters. The molecule has 3 N–H and O–H groups in total. The number of halogens is 1. The molecule has 1 amide bonds. The number of rotatable bonds is 8. The Bertz CT molecular complexity index is 1300. The Morgan fingerprint density at radius 3 is 2.59 bits per heavy atom. The van der Waals surface area contributed by atoms with Gasteiger partial charge in [0.05, 0.1) is 0 Å². The second-order valence-corrected chi connectivity index (χ2v) is 8.78. The van der Waals surface area contributed by atoms with Gasteiger partial charge in [0.25, 0.3) is 0 Å². The van der Waals surface area contributed by atoms with Crippen LogP contribution in [0, 0.1) is 19.7 Å². The molecule has 0 aliphatic rings. The normalized spacial score (nSPS) is 11.7. The topological polar surface area (TPSA) is 95.1 Å². The smallest absolute Gasteiger partial charge is 0.242 e. The van der Waals surface area contributed by atoms with Crippen molar-refractivity contribution in [2.45, 2.75) is 30.9 Å². The number of nitrogens with two attached hydrogens (primary N) is 1. The number of aryl methyl sites for hydroxylation is 2. The molecule has 0 unspecified atom stereocenters. The minimum Gasteiger partial charge on any atom is -0.482 e. The zero-order chi connectivity index (χ0) is 24.1. The van der Waals surface area contributed by atoms with Crippen molar-refractivity contribution in [2.75, 3.05) is 11.2 Å². The van der Waals surface area contributed by atoms with Gasteiger partial charge in [-0.05, 0) is 48.7 Å². The van der Waals surface area contributed by atoms with Gasteiger partial charge in [0.15, 0.2) is 17.4 Å². The molecular weight excluding hydrogens is 453 g/mol. The molecule has 0 radical (unpaired) electrons. The second kappa shape index (κ2) is 10.4. The Balaban J connectivity index is 1.55. The van der Waals surface area contributed by atoms with Crippen LogP contribution in [-0.4, -0.2) is 20.8 Å². The third-order valence-electron chi connectivity index (χ3n) is 5.14. The van der Waals surface area contributed by atoms with Crippen molar-refractivity contribution < 1.29 is 13.9 Å². The highest BCUT2D eigenvalue weighted by Gasteiger charge is 2.26. The number of aromatic nitrogens is 3. The highest BCUT2D eigenvalue weighted by molar-refractivity contribution is 8.00. The van der Waals surface area contributed by atoms with Crippen molar-refractivity contribution in [1.29, 1.82) is 0 Å². The number of amides is 1. The number of carbonyl (C=O) groups is 1. The summed E-state index contributed by atoms with van der Waals surface area (Å²) < 4.78 is 20.6. The summed E-state index contributed by atoms with van der Waals surface area (Å²) in [5.74, 6) is 5.89. The van der Waals surface area contributed by atoms with E-state index in [-0.39, 0.29) is 18.3 Å². The van der Waals surface area contributed by atoms with E-state index in [9.17, 15) is 9.18 Å². The molecule has 7 nitrogen and oxygen atoms in total. The van der Waals surface area contributed by atoms with E-state index in [0.29, 0.717) is 11.0 Å². The summed E-state index contributed by atoms with van der Waals surface area (Å²) in [6.07, 6.45) is 0. The maximum Gasteiger partial charge on any atom is 0.242 e. The zero-order valence-corrected chi connectivity index (χ0v) is 19.6. The summed E-state index contributed by atoms with van der Waals surface area (Å²) in [7, 11) is 0. The average Bonchev–Trinajstić information content (AvgIpc) is 3.18. The number of anilines is 1. The highest BCUT2D eigenvalue weighted by Crippen LogP contribution is 2.35. The van der Waals surface area contributed by atoms with Crippen LogP contribution in [0.2, 0.25) is 0 Å². The first kappa shape index (κ1) is 23.3. The summed E-state index contributed by atoms with van der Waals surface area (Å²) in [4.78, 5) is 13.4. The highest BCUT2D eigenvalue weighted by atomic mass is 32.2. The fourth-order valence-electron chi connectivity index (χ4n) is 3.27. The van der Waals surface area contributed by atoms with Gasteiger partial charge in [0.2, 0.25) is 11.1 Å². The standard InChI is InChI=1S/C25H24FN5O2S/c1-16-12-13-17(2)20(14-16)28-24(32)23(18-8-4-3-5-9-18)34-25-30-29-22(31(25)27)15-33-21-11-7-6-10-19(21)26/h3-14,23H,15,27H2,1-2H3,(H,28,32)/t23-/m0/s1. The van der Waals surface area contributed by atoms with Gasteiger partial charge in [0, 0.05) is 5.69 Å². The number of benzene rings is 3. The molecule has 4 aromatic rings. The van der Waals surface area contributed by atoms with Crippen LogP contribution in [0.25, 0.3) is 0 Å². The Kier molecular flexibility index (Phi) is 7.12. The number of ether oxygens (including phenoxy) is 1. The van der Waals surface area contributed by atoms with Gasteiger partial charge in [0.1, 0.15) is 11.9 Å². The third-order valence-corrected chi connectivity index (χ3v) is 6.35. The number of hydrogen-bond donors (Lipinski definition) is 2. The Labute approximate surface area is 201 Å². The van der Waals surface area contributed by atoms with E-state index in [2.05, 4.69) is 15.5 Å². The van der Waals surface area contributed by atoms with E-state index in [1.54, 1.807) is 12.1 Å². The van der Waals surface area contributed by atoms with Crippen LogP contribution in [0.3, 0.4) is 0 Å². The van der Waals surface area contributed by atoms with Gasteiger partial charge in [-0.3, -0.25) is 4.79 Å². The minimum absolute atomic E-state index is 0.0737. The maximum atomic E-state index is 13.8.